The number of hydrogen-bond acceptors (Lipinski definition) is 7. The van der Waals surface area contributed by atoms with E-state index in [4.69, 9.17) is 11.6 Å². The summed E-state index contributed by atoms with van der Waals surface area (Å²) in [5.41, 5.74) is 2.16. The smallest absolute Gasteiger partial charge is 0.320 e. The number of aromatic nitrogens is 5. The van der Waals surface area contributed by atoms with Crippen LogP contribution in [0.3, 0.4) is 0 Å². The van der Waals surface area contributed by atoms with Gasteiger partial charge in [-0.1, -0.05) is 29.0 Å². The number of carbonyl (C=O) groups is 1. The summed E-state index contributed by atoms with van der Waals surface area (Å²) >= 11 is 7.74. The Balaban J connectivity index is 1.57. The van der Waals surface area contributed by atoms with Gasteiger partial charge in [-0.05, 0) is 24.3 Å². The Bertz CT molecular complexity index is 1120. The van der Waals surface area contributed by atoms with Gasteiger partial charge < -0.3 is 10.6 Å². The second-order valence-electron chi connectivity index (χ2n) is 5.41. The van der Waals surface area contributed by atoms with Crippen LogP contribution in [0.2, 0.25) is 5.02 Å². The van der Waals surface area contributed by atoms with Crippen LogP contribution in [0.4, 0.5) is 21.4 Å². The number of nitrogens with zero attached hydrogens (tertiary/aromatic N) is 4. The molecule has 9 nitrogen and oxygen atoms in total. The molecule has 0 aliphatic heterocycles. The van der Waals surface area contributed by atoms with Gasteiger partial charge in [0.15, 0.2) is 5.01 Å². The Morgan fingerprint density at radius 1 is 1.22 bits per heavy atom. The molecule has 11 heteroatoms. The summed E-state index contributed by atoms with van der Waals surface area (Å²) in [7, 11) is 1.54. The number of H-pyrrole nitrogens is 1. The number of benzene rings is 1. The molecule has 0 spiro atoms. The molecule has 4 rings (SSSR count). The monoisotopic (exact) mass is 400 g/mol. The van der Waals surface area contributed by atoms with Gasteiger partial charge in [-0.25, -0.2) is 9.78 Å². The van der Waals surface area contributed by atoms with Crippen molar-refractivity contribution < 1.29 is 4.79 Å². The summed E-state index contributed by atoms with van der Waals surface area (Å²) in [5, 5.41) is 26.0. The maximum atomic E-state index is 11.4. The third-order valence-corrected chi connectivity index (χ3v) is 4.93. The highest BCUT2D eigenvalue weighted by atomic mass is 35.5. The SMILES string of the molecule is CNC(=O)Nc1cccc(-c2nnc(Nc3ccc4[nH]ncc4c3Cl)s2)n1. The minimum Gasteiger partial charge on any atom is -0.341 e. The van der Waals surface area contributed by atoms with Crippen LogP contribution in [-0.2, 0) is 0 Å². The topological polar surface area (TPSA) is 121 Å². The van der Waals surface area contributed by atoms with Gasteiger partial charge in [0.2, 0.25) is 5.13 Å². The number of rotatable bonds is 4. The first-order valence-electron chi connectivity index (χ1n) is 7.82. The van der Waals surface area contributed by atoms with E-state index in [9.17, 15) is 4.79 Å². The van der Waals surface area contributed by atoms with Crippen LogP contribution >= 0.6 is 22.9 Å². The van der Waals surface area contributed by atoms with Gasteiger partial charge in [0.1, 0.15) is 11.5 Å². The molecule has 4 N–H and O–H groups in total. The largest absolute Gasteiger partial charge is 0.341 e. The highest BCUT2D eigenvalue weighted by molar-refractivity contribution is 7.18. The predicted octanol–water partition coefficient (Wildman–Crippen LogP) is 3.62. The van der Waals surface area contributed by atoms with Crippen molar-refractivity contribution >= 4 is 56.5 Å². The van der Waals surface area contributed by atoms with Crippen LogP contribution in [-0.4, -0.2) is 38.5 Å². The zero-order valence-electron chi connectivity index (χ0n) is 13.9. The lowest BCUT2D eigenvalue weighted by molar-refractivity contribution is 0.254. The number of urea groups is 1. The second-order valence-corrected chi connectivity index (χ2v) is 6.76. The van der Waals surface area contributed by atoms with Crippen molar-refractivity contribution in [2.45, 2.75) is 0 Å². The minimum atomic E-state index is -0.344. The summed E-state index contributed by atoms with van der Waals surface area (Å²) in [5.74, 6) is 0.421. The number of pyridine rings is 1. The number of halogens is 1. The van der Waals surface area contributed by atoms with Gasteiger partial charge in [0.05, 0.1) is 22.4 Å². The lowest BCUT2D eigenvalue weighted by Gasteiger charge is -2.05. The van der Waals surface area contributed by atoms with Crippen LogP contribution in [0.15, 0.2) is 36.5 Å². The molecule has 0 bridgehead atoms. The zero-order chi connectivity index (χ0) is 18.8. The predicted molar refractivity (Wildman–Crippen MR) is 106 cm³/mol. The van der Waals surface area contributed by atoms with Gasteiger partial charge in [-0.3, -0.25) is 10.4 Å². The molecule has 0 aliphatic rings. The lowest BCUT2D eigenvalue weighted by Crippen LogP contribution is -2.24. The molecular formula is C16H13ClN8OS. The molecule has 3 heterocycles. The number of amides is 2. The standard InChI is InChI=1S/C16H13ClN8OS/c1-18-15(26)22-12-4-2-3-11(20-12)14-24-25-16(27-14)21-10-6-5-9-8(13(10)17)7-19-23-9/h2-7H,1H3,(H,19,23)(H,21,25)(H2,18,20,22,26). The molecule has 0 unspecified atom stereocenters. The second kappa shape index (κ2) is 7.17. The van der Waals surface area contributed by atoms with Gasteiger partial charge >= 0.3 is 6.03 Å². The maximum absolute atomic E-state index is 11.4. The molecular weight excluding hydrogens is 388 g/mol. The van der Waals surface area contributed by atoms with E-state index >= 15 is 0 Å². The fourth-order valence-corrected chi connectivity index (χ4v) is 3.36. The molecule has 4 aromatic rings. The van der Waals surface area contributed by atoms with Crippen LogP contribution in [0.25, 0.3) is 21.6 Å². The van der Waals surface area contributed by atoms with Crippen LogP contribution in [0, 0.1) is 0 Å². The Morgan fingerprint density at radius 3 is 2.96 bits per heavy atom. The van der Waals surface area contributed by atoms with Gasteiger partial charge in [0.25, 0.3) is 0 Å². The van der Waals surface area contributed by atoms with Crippen molar-refractivity contribution in [1.29, 1.82) is 0 Å². The summed E-state index contributed by atoms with van der Waals surface area (Å²) in [6.45, 7) is 0. The normalized spacial score (nSPS) is 10.7. The zero-order valence-corrected chi connectivity index (χ0v) is 15.5. The highest BCUT2D eigenvalue weighted by Crippen LogP contribution is 2.34. The molecule has 1 aromatic carbocycles. The van der Waals surface area contributed by atoms with E-state index in [0.717, 1.165) is 10.9 Å². The van der Waals surface area contributed by atoms with Crippen LogP contribution < -0.4 is 16.0 Å². The maximum Gasteiger partial charge on any atom is 0.320 e. The van der Waals surface area contributed by atoms with E-state index in [2.05, 4.69) is 41.3 Å². The molecule has 0 saturated heterocycles. The average molecular weight is 401 g/mol. The van der Waals surface area contributed by atoms with E-state index in [1.807, 2.05) is 12.1 Å². The van der Waals surface area contributed by atoms with Crippen molar-refractivity contribution in [3.05, 3.63) is 41.6 Å². The summed E-state index contributed by atoms with van der Waals surface area (Å²) in [6, 6.07) is 8.65. The van der Waals surface area contributed by atoms with Crippen molar-refractivity contribution in [2.75, 3.05) is 17.7 Å². The molecule has 0 atom stereocenters. The van der Waals surface area contributed by atoms with Crippen molar-refractivity contribution in [3.63, 3.8) is 0 Å². The first-order chi connectivity index (χ1) is 13.1. The number of carbonyl (C=O) groups excluding carboxylic acids is 1. The van der Waals surface area contributed by atoms with E-state index in [0.29, 0.717) is 32.4 Å². The fraction of sp³-hybridized carbons (Fsp3) is 0.0625. The Labute approximate surface area is 162 Å². The van der Waals surface area contributed by atoms with E-state index < -0.39 is 0 Å². The summed E-state index contributed by atoms with van der Waals surface area (Å²) in [6.07, 6.45) is 1.67. The molecule has 27 heavy (non-hydrogen) atoms. The number of nitrogens with one attached hydrogen (secondary N) is 4. The van der Waals surface area contributed by atoms with Gasteiger partial charge in [0, 0.05) is 12.4 Å². The molecule has 0 saturated carbocycles. The van der Waals surface area contributed by atoms with Crippen LogP contribution in [0.5, 0.6) is 0 Å². The fourth-order valence-electron chi connectivity index (χ4n) is 2.37. The Hall–Kier alpha value is -3.24. The first kappa shape index (κ1) is 17.2. The first-order valence-corrected chi connectivity index (χ1v) is 9.02. The van der Waals surface area contributed by atoms with Crippen molar-refractivity contribution in [3.8, 4) is 10.7 Å². The van der Waals surface area contributed by atoms with Gasteiger partial charge in [-0.2, -0.15) is 5.10 Å². The third-order valence-electron chi connectivity index (χ3n) is 3.66. The number of fused-ring (bicyclic) bond motifs is 1. The molecule has 0 aliphatic carbocycles. The number of hydrogen-bond donors (Lipinski definition) is 4. The number of aromatic amines is 1. The lowest BCUT2D eigenvalue weighted by atomic mass is 10.2. The third kappa shape index (κ3) is 3.52. The van der Waals surface area contributed by atoms with Crippen molar-refractivity contribution in [1.82, 2.24) is 30.7 Å². The summed E-state index contributed by atoms with van der Waals surface area (Å²) in [4.78, 5) is 15.8. The minimum absolute atomic E-state index is 0.344. The molecule has 0 radical (unpaired) electrons. The van der Waals surface area contributed by atoms with Gasteiger partial charge in [-0.15, -0.1) is 10.2 Å². The summed E-state index contributed by atoms with van der Waals surface area (Å²) < 4.78 is 0. The average Bonchev–Trinajstić information content (AvgIpc) is 3.34. The molecule has 2 amide bonds. The van der Waals surface area contributed by atoms with E-state index in [1.165, 1.54) is 18.4 Å². The van der Waals surface area contributed by atoms with E-state index in [1.54, 1.807) is 24.4 Å². The van der Waals surface area contributed by atoms with Crippen molar-refractivity contribution in [2.24, 2.45) is 0 Å². The Morgan fingerprint density at radius 2 is 2.11 bits per heavy atom. The molecule has 0 fully saturated rings. The number of anilines is 3. The molecule has 136 valence electrons. The van der Waals surface area contributed by atoms with Crippen LogP contribution in [0.1, 0.15) is 0 Å². The molecule has 3 aromatic heterocycles. The Kier molecular flexibility index (Phi) is 4.57. The highest BCUT2D eigenvalue weighted by Gasteiger charge is 2.12. The quantitative estimate of drug-likeness (QED) is 0.415. The van der Waals surface area contributed by atoms with E-state index in [-0.39, 0.29) is 6.03 Å².